The molecule has 0 spiro atoms. The van der Waals surface area contributed by atoms with E-state index >= 15 is 0 Å². The number of pyridine rings is 1. The Morgan fingerprint density at radius 1 is 1.32 bits per heavy atom. The van der Waals surface area contributed by atoms with E-state index in [4.69, 9.17) is 0 Å². The second-order valence-electron chi connectivity index (χ2n) is 9.36. The summed E-state index contributed by atoms with van der Waals surface area (Å²) in [6.07, 6.45) is 0.908. The van der Waals surface area contributed by atoms with Gasteiger partial charge >= 0.3 is 0 Å². The van der Waals surface area contributed by atoms with Crippen LogP contribution in [0.15, 0.2) is 48.8 Å². The van der Waals surface area contributed by atoms with Gasteiger partial charge < -0.3 is 14.9 Å². The first-order valence-electron chi connectivity index (χ1n) is 12.2. The van der Waals surface area contributed by atoms with Crippen molar-refractivity contribution in [2.24, 2.45) is 0 Å². The van der Waals surface area contributed by atoms with E-state index in [0.29, 0.717) is 30.0 Å². The molecule has 1 aliphatic heterocycles. The predicted molar refractivity (Wildman–Crippen MR) is 138 cm³/mol. The number of nitrogens with one attached hydrogen (secondary N) is 2. The lowest BCUT2D eigenvalue weighted by Gasteiger charge is -2.17. The first-order chi connectivity index (χ1) is 17.9. The number of hydrogen-bond donors (Lipinski definition) is 2. The van der Waals surface area contributed by atoms with Crippen molar-refractivity contribution in [2.75, 3.05) is 26.8 Å². The zero-order chi connectivity index (χ0) is 25.9. The third-order valence-electron chi connectivity index (χ3n) is 6.43. The molecule has 0 bridgehead atoms. The van der Waals surface area contributed by atoms with E-state index in [1.54, 1.807) is 41.9 Å². The molecule has 0 saturated heterocycles. The number of aryl methyl sites for hydroxylation is 1. The zero-order valence-corrected chi connectivity index (χ0v) is 20.8. The van der Waals surface area contributed by atoms with Crippen LogP contribution < -0.4 is 5.32 Å². The van der Waals surface area contributed by atoms with Gasteiger partial charge in [0.15, 0.2) is 0 Å². The normalized spacial score (nSPS) is 15.4. The molecule has 7 nitrogen and oxygen atoms in total. The van der Waals surface area contributed by atoms with Gasteiger partial charge in [-0.1, -0.05) is 30.0 Å². The van der Waals surface area contributed by atoms with Gasteiger partial charge in [-0.2, -0.15) is 0 Å². The molecule has 0 saturated carbocycles. The summed E-state index contributed by atoms with van der Waals surface area (Å²) in [5.74, 6) is 5.67. The van der Waals surface area contributed by atoms with Crippen molar-refractivity contribution in [1.29, 1.82) is 0 Å². The van der Waals surface area contributed by atoms with Crippen molar-refractivity contribution in [1.82, 2.24) is 29.7 Å². The van der Waals surface area contributed by atoms with Crippen LogP contribution in [0, 0.1) is 18.8 Å². The summed E-state index contributed by atoms with van der Waals surface area (Å²) in [6.45, 7) is 2.36. The fourth-order valence-electron chi connectivity index (χ4n) is 4.64. The Balaban J connectivity index is 1.45. The molecule has 9 heteroatoms. The van der Waals surface area contributed by atoms with Gasteiger partial charge in [-0.15, -0.1) is 0 Å². The Kier molecular flexibility index (Phi) is 7.01. The Hall–Kier alpha value is -4.03. The second-order valence-corrected chi connectivity index (χ2v) is 9.36. The van der Waals surface area contributed by atoms with E-state index in [0.717, 1.165) is 22.3 Å². The largest absolute Gasteiger partial charge is 0.356 e. The van der Waals surface area contributed by atoms with Gasteiger partial charge in [0.25, 0.3) is 5.91 Å². The molecule has 1 aliphatic rings. The number of imidazole rings is 1. The zero-order valence-electron chi connectivity index (χ0n) is 20.8. The maximum Gasteiger partial charge on any atom is 0.270 e. The van der Waals surface area contributed by atoms with Crippen molar-refractivity contribution in [3.63, 3.8) is 0 Å². The Bertz CT molecular complexity index is 1460. The summed E-state index contributed by atoms with van der Waals surface area (Å²) in [4.78, 5) is 27.6. The number of nitrogens with zero attached hydrogens (tertiary/aromatic N) is 4. The molecule has 1 aromatic carbocycles. The summed E-state index contributed by atoms with van der Waals surface area (Å²) in [6, 6.07) is 12.6. The quantitative estimate of drug-likeness (QED) is 0.378. The van der Waals surface area contributed by atoms with E-state index < -0.39 is 18.9 Å². The van der Waals surface area contributed by atoms with Crippen LogP contribution >= 0.6 is 0 Å². The summed E-state index contributed by atoms with van der Waals surface area (Å²) in [5, 5.41) is 4.07. The van der Waals surface area contributed by atoms with Gasteiger partial charge in [0.05, 0.1) is 25.1 Å². The lowest BCUT2D eigenvalue weighted by Crippen LogP contribution is -2.31. The van der Waals surface area contributed by atoms with Crippen LogP contribution in [0.5, 0.6) is 0 Å². The average molecular weight is 503 g/mol. The highest BCUT2D eigenvalue weighted by molar-refractivity contribution is 5.93. The number of carbonyl (C=O) groups is 1. The van der Waals surface area contributed by atoms with Gasteiger partial charge in [0, 0.05) is 41.1 Å². The third kappa shape index (κ3) is 5.39. The van der Waals surface area contributed by atoms with Crippen molar-refractivity contribution < 1.29 is 13.6 Å². The minimum atomic E-state index is -0.973. The minimum absolute atomic E-state index is 0.224. The standard InChI is InChI=1S/C28H28F2N6O/c1-18-12-19(6-5-10-35(2)11-9-29)13-24(32-18)28(37)34-26(23-14-20-7-3-4-8-22(20)33-23)27-25-15-21(30)16-36(25)17-31-27/h3-4,7-8,12-14,17,21,26,33H,9-11,15-16H2,1-2H3,(H,34,37)/t21-,26?/m1/s1. The van der Waals surface area contributed by atoms with Gasteiger partial charge in [-0.25, -0.2) is 18.7 Å². The SMILES string of the molecule is Cc1cc(C#CCN(C)CCF)cc(C(=O)NC(c2cc3ccccc3[nH]2)c2ncn3c2C[C@@H](F)C3)n1. The van der Waals surface area contributed by atoms with Crippen LogP contribution in [0.1, 0.15) is 44.9 Å². The Morgan fingerprint density at radius 2 is 2.16 bits per heavy atom. The summed E-state index contributed by atoms with van der Waals surface area (Å²) in [7, 11) is 1.80. The topological polar surface area (TPSA) is 78.8 Å². The number of hydrogen-bond acceptors (Lipinski definition) is 4. The van der Waals surface area contributed by atoms with Crippen LogP contribution in [-0.4, -0.2) is 63.3 Å². The number of amides is 1. The van der Waals surface area contributed by atoms with E-state index in [-0.39, 0.29) is 24.6 Å². The molecule has 2 N–H and O–H groups in total. The first kappa shape index (κ1) is 24.7. The molecule has 5 rings (SSSR count). The van der Waals surface area contributed by atoms with Crippen LogP contribution in [0.3, 0.4) is 0 Å². The molecule has 0 fully saturated rings. The number of aromatic amines is 1. The number of aromatic nitrogens is 4. The number of fused-ring (bicyclic) bond motifs is 2. The van der Waals surface area contributed by atoms with Gasteiger partial charge in [-0.05, 0) is 43.6 Å². The molecule has 1 amide bonds. The number of carbonyl (C=O) groups excluding carboxylic acids is 1. The highest BCUT2D eigenvalue weighted by Crippen LogP contribution is 2.30. The van der Waals surface area contributed by atoms with E-state index in [1.807, 2.05) is 30.3 Å². The minimum Gasteiger partial charge on any atom is -0.356 e. The summed E-state index contributed by atoms with van der Waals surface area (Å²) < 4.78 is 28.5. The maximum absolute atomic E-state index is 14.2. The average Bonchev–Trinajstić information content (AvgIpc) is 3.56. The van der Waals surface area contributed by atoms with Crippen molar-refractivity contribution >= 4 is 16.8 Å². The van der Waals surface area contributed by atoms with Crippen molar-refractivity contribution in [3.05, 3.63) is 82.8 Å². The molecule has 3 aromatic heterocycles. The second kappa shape index (κ2) is 10.5. The molecule has 0 radical (unpaired) electrons. The molecule has 1 unspecified atom stereocenters. The predicted octanol–water partition coefficient (Wildman–Crippen LogP) is 3.73. The van der Waals surface area contributed by atoms with Gasteiger partial charge in [-0.3, -0.25) is 9.69 Å². The third-order valence-corrected chi connectivity index (χ3v) is 6.43. The van der Waals surface area contributed by atoms with Gasteiger partial charge in [0.2, 0.25) is 0 Å². The molecule has 190 valence electrons. The molecule has 4 aromatic rings. The molecule has 37 heavy (non-hydrogen) atoms. The van der Waals surface area contributed by atoms with Crippen LogP contribution in [0.2, 0.25) is 0 Å². The van der Waals surface area contributed by atoms with Crippen LogP contribution in [-0.2, 0) is 13.0 Å². The molecule has 0 aliphatic carbocycles. The highest BCUT2D eigenvalue weighted by atomic mass is 19.1. The lowest BCUT2D eigenvalue weighted by atomic mass is 10.1. The van der Waals surface area contributed by atoms with Gasteiger partial charge in [0.1, 0.15) is 24.6 Å². The number of benzene rings is 1. The first-order valence-corrected chi connectivity index (χ1v) is 12.2. The van der Waals surface area contributed by atoms with Crippen molar-refractivity contribution in [3.8, 4) is 11.8 Å². The van der Waals surface area contributed by atoms with Crippen LogP contribution in [0.4, 0.5) is 8.78 Å². The van der Waals surface area contributed by atoms with E-state index in [9.17, 15) is 13.6 Å². The summed E-state index contributed by atoms with van der Waals surface area (Å²) >= 11 is 0. The number of alkyl halides is 2. The maximum atomic E-state index is 14.2. The van der Waals surface area contributed by atoms with E-state index in [1.165, 1.54) is 0 Å². The monoisotopic (exact) mass is 502 g/mol. The fraction of sp³-hybridized carbons (Fsp3) is 0.321. The summed E-state index contributed by atoms with van der Waals surface area (Å²) in [5.41, 5.74) is 4.60. The fourth-order valence-corrected chi connectivity index (χ4v) is 4.64. The molecule has 2 atom stereocenters. The Labute approximate surface area is 213 Å². The number of para-hydroxylation sites is 1. The van der Waals surface area contributed by atoms with Crippen molar-refractivity contribution in [2.45, 2.75) is 32.1 Å². The smallest absolute Gasteiger partial charge is 0.270 e. The Morgan fingerprint density at radius 3 is 2.97 bits per heavy atom. The number of H-pyrrole nitrogens is 1. The molecule has 4 heterocycles. The van der Waals surface area contributed by atoms with Crippen LogP contribution in [0.25, 0.3) is 10.9 Å². The number of halogens is 2. The van der Waals surface area contributed by atoms with E-state index in [2.05, 4.69) is 32.1 Å². The lowest BCUT2D eigenvalue weighted by molar-refractivity contribution is 0.0936. The number of rotatable bonds is 7. The molecular formula is C28H28F2N6O. The molecular weight excluding hydrogens is 474 g/mol. The highest BCUT2D eigenvalue weighted by Gasteiger charge is 2.31.